The Balaban J connectivity index is -0.0000000573. The zero-order valence-corrected chi connectivity index (χ0v) is 10.1. The molecular weight excluding hydrogens is 164 g/mol. The third kappa shape index (κ3) is 91.4. The zero-order chi connectivity index (χ0) is 11.7. The van der Waals surface area contributed by atoms with E-state index in [9.17, 15) is 0 Å². The molecule has 13 heavy (non-hydrogen) atoms. The lowest BCUT2D eigenvalue weighted by molar-refractivity contribution is 0.399. The van der Waals surface area contributed by atoms with Crippen LogP contribution in [0.3, 0.4) is 0 Å². The molecule has 82 valence electrons. The highest BCUT2D eigenvalue weighted by Gasteiger charge is 1.68. The minimum Gasteiger partial charge on any atom is -0.513 e. The van der Waals surface area contributed by atoms with E-state index in [0.29, 0.717) is 5.76 Å². The van der Waals surface area contributed by atoms with Gasteiger partial charge in [-0.1, -0.05) is 39.8 Å². The van der Waals surface area contributed by atoms with Gasteiger partial charge in [0.25, 0.3) is 0 Å². The molecule has 0 fully saturated rings. The Labute approximate surface area is 83.6 Å². The molecule has 2 N–H and O–H groups in total. The van der Waals surface area contributed by atoms with Crippen molar-refractivity contribution in [1.29, 1.82) is 0 Å². The fraction of sp³-hybridized carbons (Fsp3) is 0.636. The number of aliphatic hydroxyl groups is 2. The van der Waals surface area contributed by atoms with Crippen LogP contribution in [0.1, 0.15) is 41.5 Å². The van der Waals surface area contributed by atoms with Crippen molar-refractivity contribution in [3.63, 3.8) is 0 Å². The van der Waals surface area contributed by atoms with Gasteiger partial charge < -0.3 is 10.2 Å². The topological polar surface area (TPSA) is 40.5 Å². The highest BCUT2D eigenvalue weighted by Crippen LogP contribution is 1.83. The largest absolute Gasteiger partial charge is 0.513 e. The number of allylic oxidation sites excluding steroid dienone is 4. The zero-order valence-electron chi connectivity index (χ0n) is 10.1. The van der Waals surface area contributed by atoms with Gasteiger partial charge in [0.1, 0.15) is 0 Å². The molecule has 0 aliphatic carbocycles. The molecule has 0 saturated carbocycles. The van der Waals surface area contributed by atoms with Crippen LogP contribution in [-0.2, 0) is 0 Å². The molecule has 0 amide bonds. The Morgan fingerprint density at radius 1 is 1.00 bits per heavy atom. The maximum absolute atomic E-state index is 8.49. The van der Waals surface area contributed by atoms with Crippen LogP contribution in [0.4, 0.5) is 0 Å². The first kappa shape index (κ1) is 22.8. The van der Waals surface area contributed by atoms with Gasteiger partial charge in [-0.05, 0) is 19.9 Å². The summed E-state index contributed by atoms with van der Waals surface area (Å²) in [6.45, 7) is 11.5. The summed E-state index contributed by atoms with van der Waals surface area (Å²) < 4.78 is 0. The fourth-order valence-corrected chi connectivity index (χ4v) is 0.235. The Hall–Kier alpha value is -0.760. The van der Waals surface area contributed by atoms with Crippen molar-refractivity contribution in [2.45, 2.75) is 41.5 Å². The van der Waals surface area contributed by atoms with E-state index in [4.69, 9.17) is 10.2 Å². The van der Waals surface area contributed by atoms with Gasteiger partial charge in [-0.15, -0.1) is 0 Å². The molecular formula is C11H26O2. The third-order valence-electron chi connectivity index (χ3n) is 0.530. The van der Waals surface area contributed by atoms with Gasteiger partial charge in [0.05, 0.1) is 5.76 Å². The summed E-state index contributed by atoms with van der Waals surface area (Å²) in [6.07, 6.45) is 5.29. The van der Waals surface area contributed by atoms with Gasteiger partial charge >= 0.3 is 0 Å². The van der Waals surface area contributed by atoms with Crippen molar-refractivity contribution in [3.8, 4) is 0 Å². The van der Waals surface area contributed by atoms with Crippen LogP contribution >= 0.6 is 0 Å². The summed E-state index contributed by atoms with van der Waals surface area (Å²) in [4.78, 5) is 0. The molecule has 0 bridgehead atoms. The van der Waals surface area contributed by atoms with Crippen LogP contribution in [0.25, 0.3) is 0 Å². The van der Waals surface area contributed by atoms with Crippen LogP contribution in [0.15, 0.2) is 24.0 Å². The minimum atomic E-state index is 0.345. The second-order valence-electron chi connectivity index (χ2n) is 1.33. The Morgan fingerprint density at radius 2 is 1.31 bits per heavy atom. The maximum Gasteiger partial charge on any atom is 0.0891 e. The van der Waals surface area contributed by atoms with Crippen molar-refractivity contribution in [2.75, 3.05) is 7.11 Å². The van der Waals surface area contributed by atoms with Gasteiger partial charge in [0.2, 0.25) is 0 Å². The van der Waals surface area contributed by atoms with Crippen molar-refractivity contribution < 1.29 is 10.2 Å². The average molecular weight is 190 g/mol. The molecule has 0 spiro atoms. The minimum absolute atomic E-state index is 0.345. The van der Waals surface area contributed by atoms with Gasteiger partial charge in [0.15, 0.2) is 0 Å². The molecule has 0 atom stereocenters. The lowest BCUT2D eigenvalue weighted by Gasteiger charge is -1.78. The molecule has 0 aliphatic rings. The average Bonchev–Trinajstić information content (AvgIpc) is 2.24. The summed E-state index contributed by atoms with van der Waals surface area (Å²) in [5, 5.41) is 15.5. The summed E-state index contributed by atoms with van der Waals surface area (Å²) in [5.74, 6) is 0.345. The van der Waals surface area contributed by atoms with E-state index in [2.05, 4.69) is 0 Å². The van der Waals surface area contributed by atoms with Crippen LogP contribution in [0.2, 0.25) is 0 Å². The summed E-state index contributed by atoms with van der Waals surface area (Å²) in [5.41, 5.74) is 0. The molecule has 0 aromatic carbocycles. The van der Waals surface area contributed by atoms with Crippen LogP contribution in [0, 0.1) is 0 Å². The summed E-state index contributed by atoms with van der Waals surface area (Å²) in [6, 6.07) is 0. The van der Waals surface area contributed by atoms with Gasteiger partial charge in [-0.3, -0.25) is 0 Å². The van der Waals surface area contributed by atoms with Gasteiger partial charge in [0, 0.05) is 7.11 Å². The summed E-state index contributed by atoms with van der Waals surface area (Å²) in [7, 11) is 1.00. The quantitative estimate of drug-likeness (QED) is 0.489. The highest BCUT2D eigenvalue weighted by atomic mass is 16.3. The SMILES string of the molecule is C/C=C\C=C(/C)O.CC.CC.CO. The van der Waals surface area contributed by atoms with E-state index in [-0.39, 0.29) is 0 Å². The van der Waals surface area contributed by atoms with Crippen LogP contribution in [-0.4, -0.2) is 17.3 Å². The fourth-order valence-electron chi connectivity index (χ4n) is 0.235. The molecule has 0 aliphatic heterocycles. The van der Waals surface area contributed by atoms with E-state index in [0.717, 1.165) is 7.11 Å². The third-order valence-corrected chi connectivity index (χ3v) is 0.530. The first-order chi connectivity index (χ1) is 6.27. The molecule has 0 radical (unpaired) electrons. The predicted molar refractivity (Wildman–Crippen MR) is 62.0 cm³/mol. The molecule has 0 saturated heterocycles. The molecule has 0 heterocycles. The second kappa shape index (κ2) is 42.9. The first-order valence-electron chi connectivity index (χ1n) is 4.70. The van der Waals surface area contributed by atoms with Crippen LogP contribution < -0.4 is 0 Å². The molecule has 0 aromatic heterocycles. The molecule has 2 nitrogen and oxygen atoms in total. The molecule has 0 unspecified atom stereocenters. The Kier molecular flexibility index (Phi) is 75.2. The Bertz CT molecular complexity index is 90.3. The monoisotopic (exact) mass is 190 g/mol. The summed E-state index contributed by atoms with van der Waals surface area (Å²) >= 11 is 0. The lowest BCUT2D eigenvalue weighted by atomic mass is 10.4. The van der Waals surface area contributed by atoms with E-state index < -0.39 is 0 Å². The van der Waals surface area contributed by atoms with Crippen molar-refractivity contribution in [1.82, 2.24) is 0 Å². The standard InChI is InChI=1S/C6H10O.2C2H6.CH4O/c1-3-4-5-6(2)7;3*1-2/h3-5,7H,1-2H3;2*1-2H3;2H,1H3/b4-3-,6-5+;;;. The number of aliphatic hydroxyl groups excluding tert-OH is 2. The predicted octanol–water partition coefficient (Wildman–Crippen LogP) is 3.69. The lowest BCUT2D eigenvalue weighted by Crippen LogP contribution is -1.63. The number of hydrogen-bond acceptors (Lipinski definition) is 2. The van der Waals surface area contributed by atoms with Gasteiger partial charge in [-0.2, -0.15) is 0 Å². The normalized spacial score (nSPS) is 8.46. The smallest absolute Gasteiger partial charge is 0.0891 e. The number of rotatable bonds is 1. The van der Waals surface area contributed by atoms with E-state index in [1.54, 1.807) is 19.1 Å². The second-order valence-corrected chi connectivity index (χ2v) is 1.33. The van der Waals surface area contributed by atoms with E-state index >= 15 is 0 Å². The van der Waals surface area contributed by atoms with E-state index in [1.165, 1.54) is 0 Å². The van der Waals surface area contributed by atoms with Crippen molar-refractivity contribution in [2.24, 2.45) is 0 Å². The highest BCUT2D eigenvalue weighted by molar-refractivity contribution is 5.03. The van der Waals surface area contributed by atoms with Crippen molar-refractivity contribution >= 4 is 0 Å². The molecule has 2 heteroatoms. The first-order valence-corrected chi connectivity index (χ1v) is 4.70. The van der Waals surface area contributed by atoms with Crippen LogP contribution in [0.5, 0.6) is 0 Å². The maximum atomic E-state index is 8.49. The Morgan fingerprint density at radius 3 is 1.38 bits per heavy atom. The van der Waals surface area contributed by atoms with Crippen molar-refractivity contribution in [3.05, 3.63) is 24.0 Å². The van der Waals surface area contributed by atoms with Gasteiger partial charge in [-0.25, -0.2) is 0 Å². The number of hydrogen-bond donors (Lipinski definition) is 2. The molecule has 0 rings (SSSR count). The van der Waals surface area contributed by atoms with E-state index in [1.807, 2.05) is 40.7 Å². The molecule has 0 aromatic rings.